The molecular formula is C8H14O3. The number of unbranched alkanes of at least 4 members (excludes halogenated alkanes) is 2. The number of hydrogen-bond acceptors (Lipinski definition) is 2. The highest BCUT2D eigenvalue weighted by Gasteiger charge is 2.05. The van der Waals surface area contributed by atoms with Gasteiger partial charge in [0.15, 0.2) is 0 Å². The molecule has 64 valence electrons. The summed E-state index contributed by atoms with van der Waals surface area (Å²) in [4.78, 5) is 20.8. The van der Waals surface area contributed by atoms with Crippen LogP contribution in [-0.2, 0) is 9.59 Å². The number of rotatable bonds is 6. The summed E-state index contributed by atoms with van der Waals surface area (Å²) in [6, 6.07) is 0. The maximum absolute atomic E-state index is 10.7. The molecule has 0 aliphatic carbocycles. The molecule has 3 nitrogen and oxygen atoms in total. The fourth-order valence-corrected chi connectivity index (χ4v) is 0.829. The lowest BCUT2D eigenvalue weighted by Crippen LogP contribution is -2.05. The van der Waals surface area contributed by atoms with E-state index < -0.39 is 5.97 Å². The van der Waals surface area contributed by atoms with Gasteiger partial charge in [0.1, 0.15) is 12.2 Å². The van der Waals surface area contributed by atoms with Crippen molar-refractivity contribution in [1.29, 1.82) is 0 Å². The monoisotopic (exact) mass is 158 g/mol. The molecule has 0 saturated carbocycles. The van der Waals surface area contributed by atoms with Crippen molar-refractivity contribution in [3.8, 4) is 0 Å². The molecule has 0 spiro atoms. The third-order valence-corrected chi connectivity index (χ3v) is 1.41. The molecule has 0 fully saturated rings. The van der Waals surface area contributed by atoms with Crippen molar-refractivity contribution in [2.45, 2.75) is 39.0 Å². The molecule has 0 heterocycles. The zero-order valence-corrected chi connectivity index (χ0v) is 6.80. The molecule has 0 atom stereocenters. The lowest BCUT2D eigenvalue weighted by atomic mass is 10.1. The largest absolute Gasteiger partial charge is 0.481 e. The van der Waals surface area contributed by atoms with E-state index in [0.717, 1.165) is 19.3 Å². The van der Waals surface area contributed by atoms with E-state index >= 15 is 0 Å². The number of hydrogen-bond donors (Lipinski definition) is 1. The van der Waals surface area contributed by atoms with Crippen molar-refractivity contribution in [3.05, 3.63) is 0 Å². The van der Waals surface area contributed by atoms with Crippen LogP contribution in [0.2, 0.25) is 0 Å². The highest BCUT2D eigenvalue weighted by molar-refractivity contribution is 5.94. The van der Waals surface area contributed by atoms with Crippen LogP contribution in [0.5, 0.6) is 0 Å². The number of carbonyl (C=O) groups excluding carboxylic acids is 1. The normalized spacial score (nSPS) is 9.55. The first-order chi connectivity index (χ1) is 5.16. The molecule has 0 rings (SSSR count). The fraction of sp³-hybridized carbons (Fsp3) is 0.750. The van der Waals surface area contributed by atoms with E-state index in [0.29, 0.717) is 6.42 Å². The van der Waals surface area contributed by atoms with Gasteiger partial charge in [0.05, 0.1) is 0 Å². The molecule has 0 radical (unpaired) electrons. The molecular weight excluding hydrogens is 144 g/mol. The molecule has 0 aliphatic heterocycles. The van der Waals surface area contributed by atoms with Gasteiger partial charge in [0, 0.05) is 6.42 Å². The third-order valence-electron chi connectivity index (χ3n) is 1.41. The molecule has 11 heavy (non-hydrogen) atoms. The van der Waals surface area contributed by atoms with Crippen LogP contribution >= 0.6 is 0 Å². The number of carboxylic acid groups (broad SMARTS) is 1. The molecule has 3 heteroatoms. The van der Waals surface area contributed by atoms with Crippen molar-refractivity contribution >= 4 is 11.8 Å². The summed E-state index contributed by atoms with van der Waals surface area (Å²) in [7, 11) is 0. The van der Waals surface area contributed by atoms with Gasteiger partial charge in [-0.05, 0) is 6.42 Å². The van der Waals surface area contributed by atoms with Crippen LogP contribution in [0.1, 0.15) is 39.0 Å². The second kappa shape index (κ2) is 5.89. The minimum Gasteiger partial charge on any atom is -0.481 e. The molecule has 0 aromatic heterocycles. The number of carbonyl (C=O) groups is 2. The van der Waals surface area contributed by atoms with Gasteiger partial charge in [-0.3, -0.25) is 9.59 Å². The van der Waals surface area contributed by atoms with Crippen LogP contribution < -0.4 is 0 Å². The Morgan fingerprint density at radius 1 is 1.27 bits per heavy atom. The fourth-order valence-electron chi connectivity index (χ4n) is 0.829. The molecule has 0 bridgehead atoms. The van der Waals surface area contributed by atoms with Crippen molar-refractivity contribution in [1.82, 2.24) is 0 Å². The van der Waals surface area contributed by atoms with Gasteiger partial charge in [-0.2, -0.15) is 0 Å². The number of Topliss-reactive ketones (excluding diaryl/α,β-unsaturated/α-hetero) is 1. The van der Waals surface area contributed by atoms with Gasteiger partial charge in [0.25, 0.3) is 0 Å². The van der Waals surface area contributed by atoms with Crippen LogP contribution in [0.15, 0.2) is 0 Å². The van der Waals surface area contributed by atoms with E-state index in [-0.39, 0.29) is 12.2 Å². The first-order valence-electron chi connectivity index (χ1n) is 3.90. The highest BCUT2D eigenvalue weighted by atomic mass is 16.4. The average Bonchev–Trinajstić information content (AvgIpc) is 1.86. The molecule has 0 amide bonds. The van der Waals surface area contributed by atoms with E-state index in [1.54, 1.807) is 0 Å². The summed E-state index contributed by atoms with van der Waals surface area (Å²) in [5.41, 5.74) is 0. The Morgan fingerprint density at radius 3 is 2.36 bits per heavy atom. The lowest BCUT2D eigenvalue weighted by Gasteiger charge is -1.95. The Hall–Kier alpha value is -0.860. The molecule has 0 aromatic rings. The minimum atomic E-state index is -1.02. The van der Waals surface area contributed by atoms with E-state index in [9.17, 15) is 9.59 Å². The van der Waals surface area contributed by atoms with E-state index in [1.807, 2.05) is 6.92 Å². The average molecular weight is 158 g/mol. The molecule has 0 saturated heterocycles. The Morgan fingerprint density at radius 2 is 1.91 bits per heavy atom. The topological polar surface area (TPSA) is 54.4 Å². The van der Waals surface area contributed by atoms with Gasteiger partial charge in [-0.25, -0.2) is 0 Å². The van der Waals surface area contributed by atoms with Gasteiger partial charge in [-0.1, -0.05) is 19.8 Å². The number of ketones is 1. The van der Waals surface area contributed by atoms with Gasteiger partial charge in [-0.15, -0.1) is 0 Å². The summed E-state index contributed by atoms with van der Waals surface area (Å²) in [5, 5.41) is 8.22. The zero-order chi connectivity index (χ0) is 8.69. The Bertz CT molecular complexity index is 140. The maximum Gasteiger partial charge on any atom is 0.310 e. The number of aliphatic carboxylic acids is 1. The zero-order valence-electron chi connectivity index (χ0n) is 6.80. The standard InChI is InChI=1S/C8H14O3/c1-2-3-4-5-7(9)6-8(10)11/h2-6H2,1H3,(H,10,11). The van der Waals surface area contributed by atoms with Crippen molar-refractivity contribution < 1.29 is 14.7 Å². The summed E-state index contributed by atoms with van der Waals surface area (Å²) in [6.07, 6.45) is 2.98. The molecule has 0 aliphatic rings. The van der Waals surface area contributed by atoms with Gasteiger partial charge in [0.2, 0.25) is 0 Å². The minimum absolute atomic E-state index is 0.161. The van der Waals surface area contributed by atoms with Crippen LogP contribution in [-0.4, -0.2) is 16.9 Å². The summed E-state index contributed by atoms with van der Waals surface area (Å²) in [5.74, 6) is -1.18. The van der Waals surface area contributed by atoms with Gasteiger partial charge < -0.3 is 5.11 Å². The Balaban J connectivity index is 3.30. The van der Waals surface area contributed by atoms with E-state index in [1.165, 1.54) is 0 Å². The number of carboxylic acids is 1. The SMILES string of the molecule is CCCCCC(=O)CC(=O)O. The van der Waals surface area contributed by atoms with Gasteiger partial charge >= 0.3 is 5.97 Å². The van der Waals surface area contributed by atoms with Crippen LogP contribution in [0.3, 0.4) is 0 Å². The quantitative estimate of drug-likeness (QED) is 0.472. The van der Waals surface area contributed by atoms with Crippen LogP contribution in [0, 0.1) is 0 Å². The highest BCUT2D eigenvalue weighted by Crippen LogP contribution is 2.01. The second-order valence-corrected chi connectivity index (χ2v) is 2.57. The predicted molar refractivity (Wildman–Crippen MR) is 41.4 cm³/mol. The Kier molecular flexibility index (Phi) is 5.43. The third kappa shape index (κ3) is 7.03. The van der Waals surface area contributed by atoms with E-state index in [4.69, 9.17) is 5.11 Å². The lowest BCUT2D eigenvalue weighted by molar-refractivity contribution is -0.140. The molecule has 1 N–H and O–H groups in total. The summed E-state index contributed by atoms with van der Waals surface area (Å²) >= 11 is 0. The first-order valence-corrected chi connectivity index (χ1v) is 3.90. The molecule has 0 aromatic carbocycles. The smallest absolute Gasteiger partial charge is 0.310 e. The van der Waals surface area contributed by atoms with Crippen molar-refractivity contribution in [3.63, 3.8) is 0 Å². The maximum atomic E-state index is 10.7. The second-order valence-electron chi connectivity index (χ2n) is 2.57. The summed E-state index contributed by atoms with van der Waals surface area (Å²) in [6.45, 7) is 2.04. The van der Waals surface area contributed by atoms with Crippen LogP contribution in [0.25, 0.3) is 0 Å². The van der Waals surface area contributed by atoms with Crippen molar-refractivity contribution in [2.24, 2.45) is 0 Å². The van der Waals surface area contributed by atoms with Crippen LogP contribution in [0.4, 0.5) is 0 Å². The predicted octanol–water partition coefficient (Wildman–Crippen LogP) is 1.61. The molecule has 0 unspecified atom stereocenters. The van der Waals surface area contributed by atoms with Crippen molar-refractivity contribution in [2.75, 3.05) is 0 Å². The first kappa shape index (κ1) is 10.1. The van der Waals surface area contributed by atoms with E-state index in [2.05, 4.69) is 0 Å². The summed E-state index contributed by atoms with van der Waals surface area (Å²) < 4.78 is 0. The Labute approximate surface area is 66.4 Å².